The van der Waals surface area contributed by atoms with Crippen LogP contribution in [0.4, 0.5) is 4.39 Å². The second-order valence-electron chi connectivity index (χ2n) is 6.14. The number of carbonyl (C=O) groups is 2. The number of allylic oxidation sites excluding steroid dienone is 1. The summed E-state index contributed by atoms with van der Waals surface area (Å²) in [4.78, 5) is 24.2. The van der Waals surface area contributed by atoms with Gasteiger partial charge in [-0.25, -0.2) is 9.18 Å². The van der Waals surface area contributed by atoms with E-state index >= 15 is 0 Å². The Bertz CT molecular complexity index is 773. The third kappa shape index (κ3) is 3.48. The number of halogens is 1. The van der Waals surface area contributed by atoms with Gasteiger partial charge in [-0.15, -0.1) is 0 Å². The Labute approximate surface area is 150 Å². The standard InChI is InChI=1S/C19H20FNO5/c1-24-18(23)15-10-26-19(25-2)16-12(6-7-14(15)16)9-21-17(22)11-4-3-5-13(20)8-11/h3-6,8,10,14,16,19H,7,9H2,1-2H3,(H,21,22)/t14-,16-,19-/m1/s1. The molecule has 0 saturated heterocycles. The van der Waals surface area contributed by atoms with Crippen LogP contribution < -0.4 is 5.32 Å². The zero-order valence-corrected chi connectivity index (χ0v) is 14.5. The van der Waals surface area contributed by atoms with Gasteiger partial charge in [0.05, 0.1) is 24.9 Å². The summed E-state index contributed by atoms with van der Waals surface area (Å²) in [6.07, 6.45) is 3.44. The van der Waals surface area contributed by atoms with Gasteiger partial charge in [0.15, 0.2) is 0 Å². The molecule has 1 aromatic carbocycles. The molecule has 1 heterocycles. The van der Waals surface area contributed by atoms with Crippen LogP contribution in [0.2, 0.25) is 0 Å². The van der Waals surface area contributed by atoms with Crippen molar-refractivity contribution in [3.8, 4) is 0 Å². The van der Waals surface area contributed by atoms with E-state index in [1.807, 2.05) is 6.08 Å². The number of fused-ring (bicyclic) bond motifs is 1. The van der Waals surface area contributed by atoms with Gasteiger partial charge in [-0.2, -0.15) is 0 Å². The molecule has 3 rings (SSSR count). The second kappa shape index (κ2) is 7.70. The van der Waals surface area contributed by atoms with E-state index in [0.29, 0.717) is 12.0 Å². The van der Waals surface area contributed by atoms with Gasteiger partial charge in [-0.05, 0) is 30.2 Å². The van der Waals surface area contributed by atoms with E-state index in [1.54, 1.807) is 6.07 Å². The summed E-state index contributed by atoms with van der Waals surface area (Å²) in [5.41, 5.74) is 1.60. The molecule has 0 radical (unpaired) electrons. The summed E-state index contributed by atoms with van der Waals surface area (Å²) in [5, 5.41) is 2.78. The molecule has 0 spiro atoms. The normalized spacial score (nSPS) is 24.0. The van der Waals surface area contributed by atoms with Crippen LogP contribution in [0.3, 0.4) is 0 Å². The zero-order chi connectivity index (χ0) is 18.7. The Hall–Kier alpha value is -2.67. The van der Waals surface area contributed by atoms with Crippen molar-refractivity contribution in [2.75, 3.05) is 20.8 Å². The van der Waals surface area contributed by atoms with Gasteiger partial charge in [0.25, 0.3) is 5.91 Å². The molecule has 0 saturated carbocycles. The molecule has 1 N–H and O–H groups in total. The molecule has 2 aliphatic rings. The van der Waals surface area contributed by atoms with Crippen LogP contribution >= 0.6 is 0 Å². The van der Waals surface area contributed by atoms with Crippen molar-refractivity contribution >= 4 is 11.9 Å². The molecule has 0 bridgehead atoms. The SMILES string of the molecule is COC(=O)C1=CO[C@@H](OC)[C@@H]2C(CNC(=O)c3cccc(F)c3)=CC[C@H]12. The zero-order valence-electron chi connectivity index (χ0n) is 14.5. The molecule has 7 heteroatoms. The van der Waals surface area contributed by atoms with E-state index in [-0.39, 0.29) is 29.9 Å². The highest BCUT2D eigenvalue weighted by Gasteiger charge is 2.44. The first kappa shape index (κ1) is 18.1. The number of esters is 1. The Morgan fingerprint density at radius 1 is 1.35 bits per heavy atom. The number of rotatable bonds is 5. The predicted octanol–water partition coefficient (Wildman–Crippen LogP) is 2.18. The number of benzene rings is 1. The highest BCUT2D eigenvalue weighted by Crippen LogP contribution is 2.43. The van der Waals surface area contributed by atoms with Gasteiger partial charge in [0.1, 0.15) is 5.82 Å². The van der Waals surface area contributed by atoms with Gasteiger partial charge in [0.2, 0.25) is 6.29 Å². The molecular weight excluding hydrogens is 341 g/mol. The summed E-state index contributed by atoms with van der Waals surface area (Å²) in [6.45, 7) is 0.258. The van der Waals surface area contributed by atoms with Gasteiger partial charge < -0.3 is 19.5 Å². The maximum absolute atomic E-state index is 13.3. The molecular formula is C19H20FNO5. The molecule has 6 nitrogen and oxygen atoms in total. The van der Waals surface area contributed by atoms with Crippen LogP contribution in [0.1, 0.15) is 16.8 Å². The molecule has 1 aromatic rings. The summed E-state index contributed by atoms with van der Waals surface area (Å²) < 4.78 is 29.0. The second-order valence-corrected chi connectivity index (χ2v) is 6.14. The van der Waals surface area contributed by atoms with E-state index in [4.69, 9.17) is 14.2 Å². The van der Waals surface area contributed by atoms with Crippen LogP contribution in [0.25, 0.3) is 0 Å². The molecule has 0 aromatic heterocycles. The van der Waals surface area contributed by atoms with Crippen molar-refractivity contribution in [1.29, 1.82) is 0 Å². The highest BCUT2D eigenvalue weighted by atomic mass is 19.1. The Kier molecular flexibility index (Phi) is 5.37. The molecule has 0 fully saturated rings. The fourth-order valence-electron chi connectivity index (χ4n) is 3.44. The van der Waals surface area contributed by atoms with E-state index in [9.17, 15) is 14.0 Å². The van der Waals surface area contributed by atoms with Gasteiger partial charge >= 0.3 is 5.97 Å². The number of methoxy groups -OCH3 is 2. The lowest BCUT2D eigenvalue weighted by atomic mass is 9.83. The van der Waals surface area contributed by atoms with Gasteiger partial charge in [0, 0.05) is 25.1 Å². The maximum Gasteiger partial charge on any atom is 0.337 e. The van der Waals surface area contributed by atoms with Crippen molar-refractivity contribution in [3.63, 3.8) is 0 Å². The van der Waals surface area contributed by atoms with Gasteiger partial charge in [-0.3, -0.25) is 4.79 Å². The van der Waals surface area contributed by atoms with Crippen LogP contribution in [0, 0.1) is 17.7 Å². The summed E-state index contributed by atoms with van der Waals surface area (Å²) >= 11 is 0. The smallest absolute Gasteiger partial charge is 0.337 e. The number of ether oxygens (including phenoxy) is 3. The number of amides is 1. The third-order valence-electron chi connectivity index (χ3n) is 4.71. The summed E-state index contributed by atoms with van der Waals surface area (Å²) in [6, 6.07) is 5.49. The largest absolute Gasteiger partial charge is 0.471 e. The lowest BCUT2D eigenvalue weighted by Crippen LogP contribution is -2.38. The van der Waals surface area contributed by atoms with Crippen molar-refractivity contribution < 1.29 is 28.2 Å². The monoisotopic (exact) mass is 361 g/mol. The Morgan fingerprint density at radius 3 is 2.85 bits per heavy atom. The molecule has 1 amide bonds. The number of nitrogens with one attached hydrogen (secondary N) is 1. The first-order valence-electron chi connectivity index (χ1n) is 8.24. The topological polar surface area (TPSA) is 73.9 Å². The molecule has 1 aliphatic carbocycles. The number of hydrogen-bond acceptors (Lipinski definition) is 5. The van der Waals surface area contributed by atoms with Crippen molar-refractivity contribution in [3.05, 3.63) is 59.1 Å². The summed E-state index contributed by atoms with van der Waals surface area (Å²) in [7, 11) is 2.85. The van der Waals surface area contributed by atoms with E-state index in [1.165, 1.54) is 38.7 Å². The molecule has 3 atom stereocenters. The minimum atomic E-state index is -0.548. The number of hydrogen-bond donors (Lipinski definition) is 1. The molecule has 0 unspecified atom stereocenters. The van der Waals surface area contributed by atoms with Crippen LogP contribution in [0.5, 0.6) is 0 Å². The maximum atomic E-state index is 13.3. The van der Waals surface area contributed by atoms with Crippen LogP contribution in [0.15, 0.2) is 47.7 Å². The van der Waals surface area contributed by atoms with E-state index < -0.39 is 18.1 Å². The fourth-order valence-corrected chi connectivity index (χ4v) is 3.44. The predicted molar refractivity (Wildman–Crippen MR) is 90.4 cm³/mol. The van der Waals surface area contributed by atoms with E-state index in [0.717, 1.165) is 5.57 Å². The van der Waals surface area contributed by atoms with Crippen molar-refractivity contribution in [2.24, 2.45) is 11.8 Å². The van der Waals surface area contributed by atoms with Crippen molar-refractivity contribution in [2.45, 2.75) is 12.7 Å². The first-order valence-corrected chi connectivity index (χ1v) is 8.24. The fraction of sp³-hybridized carbons (Fsp3) is 0.368. The Balaban J connectivity index is 1.70. The summed E-state index contributed by atoms with van der Waals surface area (Å²) in [5.74, 6) is -1.60. The van der Waals surface area contributed by atoms with Gasteiger partial charge in [-0.1, -0.05) is 12.1 Å². The minimum absolute atomic E-state index is 0.123. The van der Waals surface area contributed by atoms with E-state index in [2.05, 4.69) is 5.32 Å². The van der Waals surface area contributed by atoms with Crippen LogP contribution in [-0.2, 0) is 19.0 Å². The lowest BCUT2D eigenvalue weighted by Gasteiger charge is -2.34. The average molecular weight is 361 g/mol. The molecule has 138 valence electrons. The number of carbonyl (C=O) groups excluding carboxylic acids is 2. The lowest BCUT2D eigenvalue weighted by molar-refractivity contribution is -0.146. The third-order valence-corrected chi connectivity index (χ3v) is 4.71. The minimum Gasteiger partial charge on any atom is -0.471 e. The van der Waals surface area contributed by atoms with Crippen LogP contribution in [-0.4, -0.2) is 38.9 Å². The average Bonchev–Trinajstić information content (AvgIpc) is 3.09. The van der Waals surface area contributed by atoms with Crippen molar-refractivity contribution in [1.82, 2.24) is 5.32 Å². The quantitative estimate of drug-likeness (QED) is 0.643. The Morgan fingerprint density at radius 2 is 2.15 bits per heavy atom. The highest BCUT2D eigenvalue weighted by molar-refractivity contribution is 5.94. The first-order chi connectivity index (χ1) is 12.5. The molecule has 26 heavy (non-hydrogen) atoms. The molecule has 1 aliphatic heterocycles.